The summed E-state index contributed by atoms with van der Waals surface area (Å²) in [5.41, 5.74) is 4.12. The summed E-state index contributed by atoms with van der Waals surface area (Å²) in [5, 5.41) is 1.05. The zero-order chi connectivity index (χ0) is 36.8. The van der Waals surface area contributed by atoms with Crippen molar-refractivity contribution in [3.63, 3.8) is 0 Å². The third-order valence-electron chi connectivity index (χ3n) is 9.47. The molecule has 1 saturated heterocycles. The number of para-hydroxylation sites is 1. The molecular formula is C43H51N3O6S. The Bertz CT molecular complexity index is 1860. The second kappa shape index (κ2) is 19.3. The van der Waals surface area contributed by atoms with Gasteiger partial charge in [0.05, 0.1) is 51.9 Å². The van der Waals surface area contributed by atoms with Gasteiger partial charge in [-0.05, 0) is 111 Å². The topological polar surface area (TPSA) is 74.8 Å². The van der Waals surface area contributed by atoms with Gasteiger partial charge in [0.15, 0.2) is 23.0 Å². The maximum Gasteiger partial charge on any atom is 0.203 e. The van der Waals surface area contributed by atoms with Crippen LogP contribution in [0.5, 0.6) is 34.5 Å². The number of methoxy groups -OCH3 is 4. The van der Waals surface area contributed by atoms with Crippen LogP contribution in [0.2, 0.25) is 0 Å². The van der Waals surface area contributed by atoms with E-state index in [2.05, 4.69) is 52.3 Å². The summed E-state index contributed by atoms with van der Waals surface area (Å²) in [6.07, 6.45) is 8.33. The lowest BCUT2D eigenvalue weighted by Gasteiger charge is -2.34. The zero-order valence-electron chi connectivity index (χ0n) is 31.3. The van der Waals surface area contributed by atoms with Crippen molar-refractivity contribution in [1.29, 1.82) is 0 Å². The second-order valence-corrected chi connectivity index (χ2v) is 14.0. The molecule has 6 rings (SSSR count). The molecule has 5 aromatic rings. The predicted molar refractivity (Wildman–Crippen MR) is 215 cm³/mol. The molecule has 0 spiro atoms. The van der Waals surface area contributed by atoms with Crippen LogP contribution in [0, 0.1) is 0 Å². The molecule has 10 heteroatoms. The number of rotatable bonds is 19. The molecule has 0 atom stereocenters. The number of piperazine rings is 1. The van der Waals surface area contributed by atoms with Gasteiger partial charge < -0.3 is 38.2 Å². The van der Waals surface area contributed by atoms with E-state index in [1.807, 2.05) is 48.6 Å². The highest BCUT2D eigenvalue weighted by Crippen LogP contribution is 2.39. The molecule has 0 unspecified atom stereocenters. The molecule has 9 nitrogen and oxygen atoms in total. The minimum absolute atomic E-state index is 0.572. The highest BCUT2D eigenvalue weighted by Gasteiger charge is 2.16. The molecule has 0 N–H and O–H groups in total. The van der Waals surface area contributed by atoms with E-state index < -0.39 is 0 Å². The average molecular weight is 738 g/mol. The van der Waals surface area contributed by atoms with E-state index in [9.17, 15) is 0 Å². The molecule has 0 aliphatic carbocycles. The van der Waals surface area contributed by atoms with E-state index in [0.29, 0.717) is 23.9 Å². The van der Waals surface area contributed by atoms with Gasteiger partial charge in [-0.3, -0.25) is 0 Å². The Morgan fingerprint density at radius 1 is 0.604 bits per heavy atom. The van der Waals surface area contributed by atoms with Gasteiger partial charge in [0.1, 0.15) is 10.8 Å². The molecule has 0 radical (unpaired) electrons. The van der Waals surface area contributed by atoms with Crippen molar-refractivity contribution in [1.82, 2.24) is 14.8 Å². The van der Waals surface area contributed by atoms with Gasteiger partial charge in [-0.15, -0.1) is 11.3 Å². The Morgan fingerprint density at radius 3 is 1.83 bits per heavy atom. The Kier molecular flexibility index (Phi) is 13.9. The number of ether oxygens (including phenoxy) is 6. The van der Waals surface area contributed by atoms with Crippen molar-refractivity contribution in [2.45, 2.75) is 25.7 Å². The highest BCUT2D eigenvalue weighted by atomic mass is 32.1. The van der Waals surface area contributed by atoms with Crippen LogP contribution in [0.3, 0.4) is 0 Å². The van der Waals surface area contributed by atoms with Crippen molar-refractivity contribution in [3.05, 3.63) is 90.0 Å². The van der Waals surface area contributed by atoms with E-state index in [1.165, 1.54) is 4.70 Å². The number of nitrogens with zero attached hydrogens (tertiary/aromatic N) is 3. The maximum atomic E-state index is 6.20. The molecule has 1 fully saturated rings. The fourth-order valence-corrected chi connectivity index (χ4v) is 7.44. The van der Waals surface area contributed by atoms with Gasteiger partial charge in [0, 0.05) is 31.7 Å². The quantitative estimate of drug-likeness (QED) is 0.0611. The van der Waals surface area contributed by atoms with Crippen LogP contribution in [-0.4, -0.2) is 95.7 Å². The fourth-order valence-electron chi connectivity index (χ4n) is 6.47. The second-order valence-electron chi connectivity index (χ2n) is 13.0. The van der Waals surface area contributed by atoms with Gasteiger partial charge in [-0.2, -0.15) is 0 Å². The van der Waals surface area contributed by atoms with Gasteiger partial charge in [0.25, 0.3) is 0 Å². The molecule has 1 aliphatic rings. The summed E-state index contributed by atoms with van der Waals surface area (Å²) in [7, 11) is 6.51. The number of thiazole rings is 1. The lowest BCUT2D eigenvalue weighted by Crippen LogP contribution is -2.46. The molecule has 280 valence electrons. The molecule has 1 aliphatic heterocycles. The van der Waals surface area contributed by atoms with E-state index in [-0.39, 0.29) is 0 Å². The molecule has 0 amide bonds. The SMILES string of the molecule is COc1ccc(/C=C\c2cc(OC)c(OC)c(OC)c2)cc1OCCCCN1CCN(CCCCOc2ccc(-c3nc4ccccc4s3)cc2)CC1. The maximum absolute atomic E-state index is 6.20. The minimum Gasteiger partial charge on any atom is -0.494 e. The molecule has 2 heterocycles. The third-order valence-corrected chi connectivity index (χ3v) is 10.6. The lowest BCUT2D eigenvalue weighted by molar-refractivity contribution is 0.126. The normalized spacial score (nSPS) is 13.7. The van der Waals surface area contributed by atoms with Crippen molar-refractivity contribution in [2.24, 2.45) is 0 Å². The first-order valence-corrected chi connectivity index (χ1v) is 19.2. The highest BCUT2D eigenvalue weighted by molar-refractivity contribution is 7.21. The van der Waals surface area contributed by atoms with Gasteiger partial charge in [-0.1, -0.05) is 30.4 Å². The van der Waals surface area contributed by atoms with Crippen LogP contribution >= 0.6 is 11.3 Å². The van der Waals surface area contributed by atoms with E-state index in [4.69, 9.17) is 33.4 Å². The van der Waals surface area contributed by atoms with E-state index >= 15 is 0 Å². The number of aromatic nitrogens is 1. The summed E-state index contributed by atoms with van der Waals surface area (Å²) >= 11 is 1.73. The van der Waals surface area contributed by atoms with Crippen molar-refractivity contribution in [2.75, 3.05) is 80.9 Å². The molecule has 1 aromatic heterocycles. The van der Waals surface area contributed by atoms with Gasteiger partial charge in [-0.25, -0.2) is 4.98 Å². The summed E-state index contributed by atoms with van der Waals surface area (Å²) < 4.78 is 35.5. The minimum atomic E-state index is 0.572. The van der Waals surface area contributed by atoms with Crippen LogP contribution in [0.25, 0.3) is 32.9 Å². The Labute approximate surface area is 317 Å². The summed E-state index contributed by atoms with van der Waals surface area (Å²) in [6.45, 7) is 8.09. The van der Waals surface area contributed by atoms with Crippen molar-refractivity contribution >= 4 is 33.7 Å². The first-order chi connectivity index (χ1) is 26.1. The van der Waals surface area contributed by atoms with E-state index in [0.717, 1.165) is 116 Å². The smallest absolute Gasteiger partial charge is 0.203 e. The van der Waals surface area contributed by atoms with Crippen LogP contribution in [0.4, 0.5) is 0 Å². The van der Waals surface area contributed by atoms with Gasteiger partial charge >= 0.3 is 0 Å². The molecule has 0 bridgehead atoms. The van der Waals surface area contributed by atoms with Gasteiger partial charge in [0.2, 0.25) is 5.75 Å². The summed E-state index contributed by atoms with van der Waals surface area (Å²) in [5.74, 6) is 4.20. The van der Waals surface area contributed by atoms with Crippen molar-refractivity contribution < 1.29 is 28.4 Å². The number of hydrogen-bond donors (Lipinski definition) is 0. The van der Waals surface area contributed by atoms with Crippen molar-refractivity contribution in [3.8, 4) is 45.1 Å². The standard InChI is InChI=1S/C43H51N3O6S/c1-47-37-20-15-32(13-14-33-30-39(48-2)42(50-4)40(31-33)49-3)29-38(37)52-28-10-8-22-46-25-23-45(24-26-46)21-7-9-27-51-35-18-16-34(17-19-35)43-44-36-11-5-6-12-41(36)53-43/h5-6,11-20,29-31H,7-10,21-28H2,1-4H3/b14-13-. The van der Waals surface area contributed by atoms with Crippen LogP contribution in [0.15, 0.2) is 78.9 Å². The molecular weight excluding hydrogens is 687 g/mol. The predicted octanol–water partition coefficient (Wildman–Crippen LogP) is 8.80. The number of hydrogen-bond acceptors (Lipinski definition) is 10. The zero-order valence-corrected chi connectivity index (χ0v) is 32.2. The van der Waals surface area contributed by atoms with Crippen LogP contribution in [0.1, 0.15) is 36.8 Å². The number of benzene rings is 4. The molecule has 53 heavy (non-hydrogen) atoms. The molecule has 0 saturated carbocycles. The monoisotopic (exact) mass is 737 g/mol. The van der Waals surface area contributed by atoms with Crippen LogP contribution in [-0.2, 0) is 0 Å². The first kappa shape index (κ1) is 38.0. The summed E-state index contributed by atoms with van der Waals surface area (Å²) in [4.78, 5) is 9.92. The summed E-state index contributed by atoms with van der Waals surface area (Å²) in [6, 6.07) is 26.4. The number of fused-ring (bicyclic) bond motifs is 1. The first-order valence-electron chi connectivity index (χ1n) is 18.4. The fraction of sp³-hybridized carbons (Fsp3) is 0.372. The lowest BCUT2D eigenvalue weighted by atomic mass is 10.1. The Morgan fingerprint density at radius 2 is 1.21 bits per heavy atom. The molecule has 4 aromatic carbocycles. The van der Waals surface area contributed by atoms with Crippen LogP contribution < -0.4 is 28.4 Å². The third kappa shape index (κ3) is 10.4. The largest absolute Gasteiger partial charge is 0.494 e. The Hall–Kier alpha value is -4.77. The average Bonchev–Trinajstić information content (AvgIpc) is 3.65. The number of unbranched alkanes of at least 4 members (excludes halogenated alkanes) is 2. The Balaban J connectivity index is 0.848. The van der Waals surface area contributed by atoms with E-state index in [1.54, 1.807) is 39.8 Å².